The molecule has 1 aliphatic rings. The Balaban J connectivity index is 2.18. The number of ether oxygens (including phenoxy) is 1. The number of aromatic nitrogens is 2. The fraction of sp³-hybridized carbons (Fsp3) is 0.286. The summed E-state index contributed by atoms with van der Waals surface area (Å²) >= 11 is 1.57. The van der Waals surface area contributed by atoms with Gasteiger partial charge in [-0.1, -0.05) is 17.8 Å². The highest BCUT2D eigenvalue weighted by Crippen LogP contribution is 2.34. The number of benzene rings is 1. The van der Waals surface area contributed by atoms with E-state index in [-0.39, 0.29) is 0 Å². The molecule has 0 bridgehead atoms. The second-order valence-electron chi connectivity index (χ2n) is 4.25. The second kappa shape index (κ2) is 4.61. The summed E-state index contributed by atoms with van der Waals surface area (Å²) in [5, 5.41) is 0.824. The van der Waals surface area contributed by atoms with Crippen molar-refractivity contribution >= 4 is 11.8 Å². The van der Waals surface area contributed by atoms with Crippen LogP contribution in [0.5, 0.6) is 5.75 Å². The number of fused-ring (bicyclic) bond motifs is 3. The van der Waals surface area contributed by atoms with Gasteiger partial charge in [0.15, 0.2) is 5.16 Å². The minimum atomic E-state index is 0.824. The van der Waals surface area contributed by atoms with E-state index in [1.165, 1.54) is 16.7 Å². The first-order valence-electron chi connectivity index (χ1n) is 5.89. The van der Waals surface area contributed by atoms with E-state index in [4.69, 9.17) is 4.74 Å². The molecule has 0 unspecified atom stereocenters. The van der Waals surface area contributed by atoms with Gasteiger partial charge >= 0.3 is 0 Å². The van der Waals surface area contributed by atoms with Gasteiger partial charge in [-0.05, 0) is 42.4 Å². The van der Waals surface area contributed by atoms with Gasteiger partial charge in [0.1, 0.15) is 5.75 Å². The van der Waals surface area contributed by atoms with E-state index in [2.05, 4.69) is 22.1 Å². The zero-order valence-corrected chi connectivity index (χ0v) is 11.3. The molecule has 3 nitrogen and oxygen atoms in total. The molecule has 4 heteroatoms. The summed E-state index contributed by atoms with van der Waals surface area (Å²) in [5.74, 6) is 0.880. The van der Waals surface area contributed by atoms with E-state index in [0.29, 0.717) is 0 Å². The highest BCUT2D eigenvalue weighted by Gasteiger charge is 2.19. The smallest absolute Gasteiger partial charge is 0.187 e. The molecule has 3 rings (SSSR count). The molecular formula is C14H14N2OS. The van der Waals surface area contributed by atoms with Crippen LogP contribution in [-0.2, 0) is 12.8 Å². The van der Waals surface area contributed by atoms with Gasteiger partial charge in [0.25, 0.3) is 0 Å². The summed E-state index contributed by atoms with van der Waals surface area (Å²) in [4.78, 5) is 8.99. The Morgan fingerprint density at radius 1 is 1.22 bits per heavy atom. The second-order valence-corrected chi connectivity index (χ2v) is 5.03. The number of rotatable bonds is 2. The first kappa shape index (κ1) is 11.5. The van der Waals surface area contributed by atoms with Gasteiger partial charge in [-0.3, -0.25) is 0 Å². The molecule has 0 aliphatic heterocycles. The van der Waals surface area contributed by atoms with Crippen molar-refractivity contribution in [2.45, 2.75) is 18.0 Å². The first-order valence-corrected chi connectivity index (χ1v) is 7.11. The normalized spacial score (nSPS) is 12.8. The number of methoxy groups -OCH3 is 1. The van der Waals surface area contributed by atoms with Crippen molar-refractivity contribution < 1.29 is 4.74 Å². The molecule has 0 saturated heterocycles. The molecule has 0 saturated carbocycles. The average Bonchev–Trinajstić information content (AvgIpc) is 2.45. The lowest BCUT2D eigenvalue weighted by Gasteiger charge is -2.19. The molecular weight excluding hydrogens is 244 g/mol. The van der Waals surface area contributed by atoms with Crippen molar-refractivity contribution in [3.63, 3.8) is 0 Å². The Bertz CT molecular complexity index is 545. The highest BCUT2D eigenvalue weighted by atomic mass is 32.2. The van der Waals surface area contributed by atoms with E-state index >= 15 is 0 Å². The van der Waals surface area contributed by atoms with Crippen molar-refractivity contribution in [1.29, 1.82) is 0 Å². The Hall–Kier alpha value is -1.55. The van der Waals surface area contributed by atoms with Crippen molar-refractivity contribution in [2.75, 3.05) is 13.4 Å². The van der Waals surface area contributed by atoms with Gasteiger partial charge in [-0.2, -0.15) is 0 Å². The van der Waals surface area contributed by atoms with Crippen LogP contribution in [0.15, 0.2) is 29.6 Å². The summed E-state index contributed by atoms with van der Waals surface area (Å²) in [6, 6.07) is 6.23. The topological polar surface area (TPSA) is 35.0 Å². The van der Waals surface area contributed by atoms with Crippen LogP contribution in [0, 0.1) is 0 Å². The van der Waals surface area contributed by atoms with Crippen LogP contribution in [-0.4, -0.2) is 23.3 Å². The summed E-state index contributed by atoms with van der Waals surface area (Å²) in [5.41, 5.74) is 4.82. The maximum Gasteiger partial charge on any atom is 0.187 e. The number of thioether (sulfide) groups is 1. The van der Waals surface area contributed by atoms with E-state index in [1.54, 1.807) is 18.9 Å². The van der Waals surface area contributed by atoms with Crippen LogP contribution >= 0.6 is 11.8 Å². The standard InChI is InChI=1S/C14H14N2OS/c1-17-11-6-5-9-3-4-10-8-15-14(18-2)16-13(10)12(9)7-11/h5-8H,3-4H2,1-2H3. The Morgan fingerprint density at radius 3 is 2.83 bits per heavy atom. The molecule has 0 amide bonds. The summed E-state index contributed by atoms with van der Waals surface area (Å²) in [7, 11) is 1.69. The van der Waals surface area contributed by atoms with Crippen molar-refractivity contribution in [2.24, 2.45) is 0 Å². The molecule has 18 heavy (non-hydrogen) atoms. The van der Waals surface area contributed by atoms with E-state index in [1.807, 2.05) is 18.5 Å². The predicted octanol–water partition coefficient (Wildman–Crippen LogP) is 2.97. The van der Waals surface area contributed by atoms with E-state index in [0.717, 1.165) is 29.4 Å². The quantitative estimate of drug-likeness (QED) is 0.613. The largest absolute Gasteiger partial charge is 0.497 e. The van der Waals surface area contributed by atoms with Gasteiger partial charge < -0.3 is 4.74 Å². The molecule has 1 aromatic carbocycles. The summed E-state index contributed by atoms with van der Waals surface area (Å²) in [6.45, 7) is 0. The van der Waals surface area contributed by atoms with Crippen molar-refractivity contribution in [3.8, 4) is 17.0 Å². The molecule has 0 fully saturated rings. The maximum absolute atomic E-state index is 5.30. The third-order valence-electron chi connectivity index (χ3n) is 3.26. The Labute approximate surface area is 111 Å². The lowest BCUT2D eigenvalue weighted by Crippen LogP contribution is -2.07. The molecule has 1 aromatic heterocycles. The van der Waals surface area contributed by atoms with Crippen LogP contribution in [0.1, 0.15) is 11.1 Å². The third-order valence-corrected chi connectivity index (χ3v) is 3.82. The van der Waals surface area contributed by atoms with Gasteiger partial charge in [-0.25, -0.2) is 9.97 Å². The van der Waals surface area contributed by atoms with Crippen LogP contribution in [0.3, 0.4) is 0 Å². The molecule has 0 radical (unpaired) electrons. The number of aryl methyl sites for hydroxylation is 2. The fourth-order valence-electron chi connectivity index (χ4n) is 2.30. The molecule has 92 valence electrons. The van der Waals surface area contributed by atoms with Crippen molar-refractivity contribution in [3.05, 3.63) is 35.5 Å². The monoisotopic (exact) mass is 258 g/mol. The number of nitrogens with zero attached hydrogens (tertiary/aromatic N) is 2. The van der Waals surface area contributed by atoms with Crippen LogP contribution in [0.4, 0.5) is 0 Å². The summed E-state index contributed by atoms with van der Waals surface area (Å²) < 4.78 is 5.30. The maximum atomic E-state index is 5.30. The SMILES string of the molecule is COc1ccc2c(c1)-c1nc(SC)ncc1CC2. The molecule has 0 spiro atoms. The first-order chi connectivity index (χ1) is 8.81. The minimum Gasteiger partial charge on any atom is -0.497 e. The molecule has 2 aromatic rings. The van der Waals surface area contributed by atoms with E-state index < -0.39 is 0 Å². The summed E-state index contributed by atoms with van der Waals surface area (Å²) in [6.07, 6.45) is 6.02. The molecule has 0 N–H and O–H groups in total. The van der Waals surface area contributed by atoms with Crippen molar-refractivity contribution in [1.82, 2.24) is 9.97 Å². The lowest BCUT2D eigenvalue weighted by atomic mass is 9.90. The Morgan fingerprint density at radius 2 is 2.06 bits per heavy atom. The van der Waals surface area contributed by atoms with Gasteiger partial charge in [0.05, 0.1) is 12.8 Å². The number of hydrogen-bond donors (Lipinski definition) is 0. The van der Waals surface area contributed by atoms with Gasteiger partial charge in [0, 0.05) is 11.8 Å². The van der Waals surface area contributed by atoms with Gasteiger partial charge in [-0.15, -0.1) is 0 Å². The zero-order chi connectivity index (χ0) is 12.5. The fourth-order valence-corrected chi connectivity index (χ4v) is 2.64. The van der Waals surface area contributed by atoms with Gasteiger partial charge in [0.2, 0.25) is 0 Å². The van der Waals surface area contributed by atoms with E-state index in [9.17, 15) is 0 Å². The zero-order valence-electron chi connectivity index (χ0n) is 10.4. The molecule has 0 atom stereocenters. The van der Waals surface area contributed by atoms with Crippen LogP contribution in [0.25, 0.3) is 11.3 Å². The molecule has 1 aliphatic carbocycles. The average molecular weight is 258 g/mol. The third kappa shape index (κ3) is 1.86. The van der Waals surface area contributed by atoms with Crippen LogP contribution in [0.2, 0.25) is 0 Å². The molecule has 1 heterocycles. The lowest BCUT2D eigenvalue weighted by molar-refractivity contribution is 0.415. The predicted molar refractivity (Wildman–Crippen MR) is 73.2 cm³/mol. The Kier molecular flexibility index (Phi) is 2.96. The van der Waals surface area contributed by atoms with Crippen LogP contribution < -0.4 is 4.74 Å². The number of hydrogen-bond acceptors (Lipinski definition) is 4. The highest BCUT2D eigenvalue weighted by molar-refractivity contribution is 7.98. The minimum absolute atomic E-state index is 0.824.